The van der Waals surface area contributed by atoms with Crippen LogP contribution >= 0.6 is 12.4 Å². The quantitative estimate of drug-likeness (QED) is 0.182. The number of benzene rings is 1. The Morgan fingerprint density at radius 1 is 1.12 bits per heavy atom. The summed E-state index contributed by atoms with van der Waals surface area (Å²) in [6, 6.07) is 2.26. The van der Waals surface area contributed by atoms with Crippen LogP contribution < -0.4 is 16.0 Å². The second kappa shape index (κ2) is 18.1. The van der Waals surface area contributed by atoms with Gasteiger partial charge in [-0.2, -0.15) is 5.26 Å². The van der Waals surface area contributed by atoms with Gasteiger partial charge in [0.05, 0.1) is 35.6 Å². The van der Waals surface area contributed by atoms with Crippen LogP contribution in [-0.4, -0.2) is 73.9 Å². The lowest BCUT2D eigenvalue weighted by atomic mass is 10.00. The third kappa shape index (κ3) is 13.3. The molecule has 2 rings (SSSR count). The topological polar surface area (TPSA) is 158 Å². The van der Waals surface area contributed by atoms with Gasteiger partial charge in [0.25, 0.3) is 0 Å². The molecule has 1 saturated carbocycles. The molecule has 0 unspecified atom stereocenters. The van der Waals surface area contributed by atoms with Crippen molar-refractivity contribution in [1.82, 2.24) is 16.0 Å². The number of carbonyl (C=O) groups excluding carboxylic acids is 2. The molecule has 0 aromatic heterocycles. The molecule has 4 N–H and O–H groups in total. The number of hydrogen-bond donors (Lipinski definition) is 4. The SMILES string of the molecule is CCCC(CCC)S(=O)(=O)C[C@@H](NC(=O)OCCC#N)C(=O)N[C@@H](Cc1cc(F)cc(F)c1)[C@H](O)CNC1CC1.Cl. The maximum absolute atomic E-state index is 13.8. The number of amides is 2. The number of hydrogen-bond acceptors (Lipinski definition) is 8. The third-order valence-electron chi connectivity index (χ3n) is 6.55. The molecule has 1 aliphatic carbocycles. The molecule has 1 aliphatic rings. The van der Waals surface area contributed by atoms with E-state index in [4.69, 9.17) is 10.00 Å². The van der Waals surface area contributed by atoms with Crippen molar-refractivity contribution in [3.8, 4) is 6.07 Å². The van der Waals surface area contributed by atoms with E-state index in [1.54, 1.807) is 6.07 Å². The number of nitriles is 1. The van der Waals surface area contributed by atoms with E-state index in [0.29, 0.717) is 31.7 Å². The molecule has 0 aliphatic heterocycles. The summed E-state index contributed by atoms with van der Waals surface area (Å²) in [5.74, 6) is -3.27. The number of rotatable bonds is 18. The molecule has 0 saturated heterocycles. The van der Waals surface area contributed by atoms with E-state index in [0.717, 1.165) is 25.0 Å². The van der Waals surface area contributed by atoms with Crippen LogP contribution in [0.25, 0.3) is 0 Å². The summed E-state index contributed by atoms with van der Waals surface area (Å²) in [7, 11) is -3.86. The van der Waals surface area contributed by atoms with Crippen LogP contribution in [0.5, 0.6) is 0 Å². The second-order valence-electron chi connectivity index (χ2n) is 10.1. The lowest BCUT2D eigenvalue weighted by Crippen LogP contribution is -2.57. The predicted octanol–water partition coefficient (Wildman–Crippen LogP) is 2.92. The van der Waals surface area contributed by atoms with E-state index in [1.807, 2.05) is 13.8 Å². The van der Waals surface area contributed by atoms with Gasteiger partial charge in [0.15, 0.2) is 9.84 Å². The van der Waals surface area contributed by atoms with Crippen LogP contribution in [0.1, 0.15) is 64.4 Å². The van der Waals surface area contributed by atoms with Crippen molar-refractivity contribution in [2.45, 2.75) is 94.7 Å². The highest BCUT2D eigenvalue weighted by Crippen LogP contribution is 2.20. The highest BCUT2D eigenvalue weighted by Gasteiger charge is 2.35. The number of carbonyl (C=O) groups is 2. The number of sulfone groups is 1. The molecular formula is C27H41ClF2N4O6S. The van der Waals surface area contributed by atoms with Crippen LogP contribution in [0.15, 0.2) is 18.2 Å². The molecule has 0 spiro atoms. The lowest BCUT2D eigenvalue weighted by Gasteiger charge is -2.28. The largest absolute Gasteiger partial charge is 0.448 e. The Labute approximate surface area is 246 Å². The molecule has 2 amide bonds. The lowest BCUT2D eigenvalue weighted by molar-refractivity contribution is -0.124. The van der Waals surface area contributed by atoms with Crippen molar-refractivity contribution in [2.24, 2.45) is 0 Å². The first kappa shape index (κ1) is 36.5. The molecule has 3 atom stereocenters. The van der Waals surface area contributed by atoms with Gasteiger partial charge in [-0.15, -0.1) is 12.4 Å². The first-order valence-corrected chi connectivity index (χ1v) is 15.4. The fraction of sp³-hybridized carbons (Fsp3) is 0.667. The minimum atomic E-state index is -3.86. The predicted molar refractivity (Wildman–Crippen MR) is 152 cm³/mol. The fourth-order valence-electron chi connectivity index (χ4n) is 4.34. The van der Waals surface area contributed by atoms with Gasteiger partial charge < -0.3 is 25.8 Å². The van der Waals surface area contributed by atoms with Crippen molar-refractivity contribution in [3.05, 3.63) is 35.4 Å². The van der Waals surface area contributed by atoms with Gasteiger partial charge in [0.1, 0.15) is 24.3 Å². The number of aliphatic hydroxyl groups is 1. The first-order chi connectivity index (χ1) is 19.0. The Morgan fingerprint density at radius 3 is 2.27 bits per heavy atom. The first-order valence-electron chi connectivity index (χ1n) is 13.7. The highest BCUT2D eigenvalue weighted by atomic mass is 35.5. The van der Waals surface area contributed by atoms with Crippen molar-refractivity contribution in [2.75, 3.05) is 18.9 Å². The molecule has 41 heavy (non-hydrogen) atoms. The van der Waals surface area contributed by atoms with E-state index in [2.05, 4.69) is 16.0 Å². The van der Waals surface area contributed by atoms with E-state index < -0.39 is 62.7 Å². The minimum Gasteiger partial charge on any atom is -0.448 e. The number of aliphatic hydroxyl groups excluding tert-OH is 1. The van der Waals surface area contributed by atoms with Crippen LogP contribution in [-0.2, 0) is 25.8 Å². The van der Waals surface area contributed by atoms with Crippen molar-refractivity contribution in [1.29, 1.82) is 5.26 Å². The third-order valence-corrected chi connectivity index (χ3v) is 8.83. The monoisotopic (exact) mass is 622 g/mol. The summed E-state index contributed by atoms with van der Waals surface area (Å²) in [6.07, 6.45) is 1.34. The van der Waals surface area contributed by atoms with Crippen LogP contribution in [0.3, 0.4) is 0 Å². The molecule has 1 aromatic carbocycles. The van der Waals surface area contributed by atoms with Crippen LogP contribution in [0.2, 0.25) is 0 Å². The normalized spacial score (nSPS) is 15.2. The van der Waals surface area contributed by atoms with Gasteiger partial charge in [-0.05, 0) is 49.8 Å². The molecule has 1 fully saturated rings. The van der Waals surface area contributed by atoms with Crippen molar-refractivity contribution < 1.29 is 36.6 Å². The minimum absolute atomic E-state index is 0. The molecule has 0 heterocycles. The van der Waals surface area contributed by atoms with Crippen molar-refractivity contribution in [3.63, 3.8) is 0 Å². The van der Waals surface area contributed by atoms with Gasteiger partial charge in [0, 0.05) is 18.7 Å². The second-order valence-corrected chi connectivity index (χ2v) is 12.4. The summed E-state index contributed by atoms with van der Waals surface area (Å²) in [4.78, 5) is 25.8. The van der Waals surface area contributed by atoms with E-state index in [-0.39, 0.29) is 50.0 Å². The summed E-state index contributed by atoms with van der Waals surface area (Å²) in [6.45, 7) is 3.53. The maximum Gasteiger partial charge on any atom is 0.407 e. The zero-order chi connectivity index (χ0) is 29.7. The van der Waals surface area contributed by atoms with Gasteiger partial charge in [-0.25, -0.2) is 22.0 Å². The average Bonchev–Trinajstić information content (AvgIpc) is 3.70. The standard InChI is InChI=1S/C27H40F2N4O6S.ClH/c1-3-6-22(7-4-2)40(37,38)17-24(33-27(36)39-11-5-10-30)26(35)32-23(25(34)16-31-21-8-9-21)14-18-12-19(28)15-20(29)13-18;/h12-13,15,21-25,31,34H,3-9,11,14,16-17H2,1-2H3,(H,32,35)(H,33,36);1H/t23-,24+,25+;/m0./s1. The fourth-order valence-corrected chi connectivity index (χ4v) is 6.50. The molecule has 0 bridgehead atoms. The van der Waals surface area contributed by atoms with Crippen molar-refractivity contribution >= 4 is 34.2 Å². The molecule has 1 aromatic rings. The molecular weight excluding hydrogens is 582 g/mol. The number of alkyl carbamates (subject to hydrolysis) is 1. The Morgan fingerprint density at radius 2 is 1.73 bits per heavy atom. The Kier molecular flexibility index (Phi) is 16.1. The molecule has 10 nitrogen and oxygen atoms in total. The Bertz CT molecular complexity index is 1110. The Balaban J connectivity index is 0.00000840. The number of halogens is 3. The number of nitrogens with one attached hydrogen (secondary N) is 3. The summed E-state index contributed by atoms with van der Waals surface area (Å²) < 4.78 is 59.1. The van der Waals surface area contributed by atoms with E-state index in [1.165, 1.54) is 0 Å². The van der Waals surface area contributed by atoms with Gasteiger partial charge >= 0.3 is 6.09 Å². The summed E-state index contributed by atoms with van der Waals surface area (Å²) >= 11 is 0. The molecule has 14 heteroatoms. The molecule has 232 valence electrons. The number of ether oxygens (including phenoxy) is 1. The van der Waals surface area contributed by atoms with Gasteiger partial charge in [0.2, 0.25) is 5.91 Å². The molecule has 0 radical (unpaired) electrons. The van der Waals surface area contributed by atoms with Crippen LogP contribution in [0.4, 0.5) is 13.6 Å². The van der Waals surface area contributed by atoms with Gasteiger partial charge in [-0.1, -0.05) is 26.7 Å². The zero-order valence-electron chi connectivity index (χ0n) is 23.4. The average molecular weight is 623 g/mol. The maximum atomic E-state index is 13.8. The van der Waals surface area contributed by atoms with Gasteiger partial charge in [-0.3, -0.25) is 4.79 Å². The van der Waals surface area contributed by atoms with E-state index in [9.17, 15) is 31.9 Å². The number of nitrogens with zero attached hydrogens (tertiary/aromatic N) is 1. The van der Waals surface area contributed by atoms with Crippen LogP contribution in [0, 0.1) is 23.0 Å². The smallest absolute Gasteiger partial charge is 0.407 e. The Hall–Kier alpha value is -2.53. The zero-order valence-corrected chi connectivity index (χ0v) is 25.0. The summed E-state index contributed by atoms with van der Waals surface area (Å²) in [5, 5.41) is 26.8. The summed E-state index contributed by atoms with van der Waals surface area (Å²) in [5.41, 5.74) is 0.173. The van der Waals surface area contributed by atoms with E-state index >= 15 is 0 Å². The highest BCUT2D eigenvalue weighted by molar-refractivity contribution is 7.92.